The van der Waals surface area contributed by atoms with Gasteiger partial charge in [-0.15, -0.1) is 0 Å². The number of carbonyl (C=O) groups excluding carboxylic acids is 2. The van der Waals surface area contributed by atoms with Crippen molar-refractivity contribution in [3.63, 3.8) is 0 Å². The van der Waals surface area contributed by atoms with E-state index in [1.165, 1.54) is 57.8 Å². The summed E-state index contributed by atoms with van der Waals surface area (Å²) in [5, 5.41) is 2.76. The van der Waals surface area contributed by atoms with E-state index >= 15 is 0 Å². The van der Waals surface area contributed by atoms with Gasteiger partial charge in [-0.1, -0.05) is 71.1 Å². The molecule has 0 aliphatic rings. The third kappa shape index (κ3) is 16.7. The van der Waals surface area contributed by atoms with Crippen molar-refractivity contribution in [1.29, 1.82) is 0 Å². The smallest absolute Gasteiger partial charge is 0.330 e. The zero-order chi connectivity index (χ0) is 16.6. The van der Waals surface area contributed by atoms with Crippen LogP contribution in [0.25, 0.3) is 0 Å². The molecule has 0 aromatic carbocycles. The molecule has 23 heavy (non-hydrogen) atoms. The summed E-state index contributed by atoms with van der Waals surface area (Å²) < 4.78 is 4.75. The third-order valence-corrected chi connectivity index (χ3v) is 3.99. The number of nitrogens with one attached hydrogen (secondary N) is 1. The maximum absolute atomic E-state index is 11.5. The van der Waals surface area contributed by atoms with Crippen LogP contribution in [-0.2, 0) is 14.3 Å². The fourth-order valence-electron chi connectivity index (χ4n) is 2.30. The van der Waals surface area contributed by atoms with Crippen molar-refractivity contribution in [3.05, 3.63) is 0 Å². The Morgan fingerprint density at radius 3 is 1.74 bits per heavy atom. The first-order chi connectivity index (χ1) is 10.6. The molecular formula is C18H35NNaO3. The van der Waals surface area contributed by atoms with Gasteiger partial charge in [-0.05, 0) is 20.4 Å². The standard InChI is InChI=1S/C18H35NO3.Na/c1-4-5-6-7-8-9-10-11-12-13-14-15-17(20)22-18(21)16(2)19-3;/h16,19H,4-15H2,1-3H3;. The molecule has 0 spiro atoms. The zero-order valence-corrected chi connectivity index (χ0v) is 17.8. The van der Waals surface area contributed by atoms with Crippen molar-refractivity contribution in [2.45, 2.75) is 96.9 Å². The van der Waals surface area contributed by atoms with Gasteiger partial charge >= 0.3 is 11.9 Å². The average molecular weight is 336 g/mol. The minimum Gasteiger partial charge on any atom is -0.392 e. The minimum absolute atomic E-state index is 0. The maximum Gasteiger partial charge on any atom is 0.330 e. The molecule has 4 nitrogen and oxygen atoms in total. The SMILES string of the molecule is CCCCCCCCCCCCCC(=O)OC(=O)C(C)NC.[Na]. The summed E-state index contributed by atoms with van der Waals surface area (Å²) in [7, 11) is 1.67. The number of likely N-dealkylation sites (N-methyl/N-ethyl adjacent to an activating group) is 1. The number of hydrogen-bond acceptors (Lipinski definition) is 4. The summed E-state index contributed by atoms with van der Waals surface area (Å²) in [6.45, 7) is 3.92. The molecule has 5 heteroatoms. The fourth-order valence-corrected chi connectivity index (χ4v) is 2.30. The topological polar surface area (TPSA) is 55.4 Å². The van der Waals surface area contributed by atoms with Gasteiger partial charge in [0.25, 0.3) is 0 Å². The zero-order valence-electron chi connectivity index (χ0n) is 15.8. The molecule has 1 radical (unpaired) electrons. The molecule has 1 N–H and O–H groups in total. The first-order valence-electron chi connectivity index (χ1n) is 9.03. The molecule has 0 amide bonds. The second-order valence-electron chi connectivity index (χ2n) is 6.09. The molecule has 0 fully saturated rings. The van der Waals surface area contributed by atoms with Crippen LogP contribution in [0, 0.1) is 0 Å². The first-order valence-corrected chi connectivity index (χ1v) is 9.03. The van der Waals surface area contributed by atoms with Gasteiger partial charge in [-0.3, -0.25) is 4.79 Å². The van der Waals surface area contributed by atoms with Crippen molar-refractivity contribution in [1.82, 2.24) is 5.32 Å². The summed E-state index contributed by atoms with van der Waals surface area (Å²) in [5.41, 5.74) is 0. The van der Waals surface area contributed by atoms with Crippen LogP contribution in [0.3, 0.4) is 0 Å². The molecule has 0 saturated heterocycles. The Balaban J connectivity index is 0. The van der Waals surface area contributed by atoms with Gasteiger partial charge in [-0.2, -0.15) is 0 Å². The van der Waals surface area contributed by atoms with Gasteiger partial charge in [0.15, 0.2) is 0 Å². The van der Waals surface area contributed by atoms with Crippen LogP contribution in [0.5, 0.6) is 0 Å². The Morgan fingerprint density at radius 1 is 0.870 bits per heavy atom. The van der Waals surface area contributed by atoms with E-state index in [1.54, 1.807) is 14.0 Å². The second-order valence-corrected chi connectivity index (χ2v) is 6.09. The van der Waals surface area contributed by atoms with Crippen molar-refractivity contribution in [3.8, 4) is 0 Å². The van der Waals surface area contributed by atoms with E-state index in [0.29, 0.717) is 6.42 Å². The van der Waals surface area contributed by atoms with E-state index in [0.717, 1.165) is 12.8 Å². The Kier molecular flexibility index (Phi) is 20.3. The molecule has 0 aromatic rings. The number of rotatable bonds is 14. The molecule has 1 unspecified atom stereocenters. The van der Waals surface area contributed by atoms with Crippen LogP contribution >= 0.6 is 0 Å². The number of ether oxygens (including phenoxy) is 1. The fraction of sp³-hybridized carbons (Fsp3) is 0.889. The summed E-state index contributed by atoms with van der Waals surface area (Å²) >= 11 is 0. The minimum atomic E-state index is -0.490. The van der Waals surface area contributed by atoms with E-state index in [9.17, 15) is 9.59 Å². The summed E-state index contributed by atoms with van der Waals surface area (Å²) in [6.07, 6.45) is 14.0. The summed E-state index contributed by atoms with van der Waals surface area (Å²) in [4.78, 5) is 22.8. The molecule has 0 heterocycles. The summed E-state index contributed by atoms with van der Waals surface area (Å²) in [5.74, 6) is -0.890. The normalized spacial score (nSPS) is 11.6. The van der Waals surface area contributed by atoms with Gasteiger partial charge < -0.3 is 10.1 Å². The Labute approximate surface area is 164 Å². The van der Waals surface area contributed by atoms with Gasteiger partial charge in [-0.25, -0.2) is 4.79 Å². The molecule has 0 saturated carbocycles. The molecule has 131 valence electrons. The monoisotopic (exact) mass is 336 g/mol. The molecule has 0 aliphatic heterocycles. The van der Waals surface area contributed by atoms with E-state index in [2.05, 4.69) is 12.2 Å². The van der Waals surface area contributed by atoms with E-state index in [-0.39, 0.29) is 29.6 Å². The van der Waals surface area contributed by atoms with Crippen molar-refractivity contribution in [2.75, 3.05) is 7.05 Å². The Bertz CT molecular complexity index is 298. The van der Waals surface area contributed by atoms with Gasteiger partial charge in [0, 0.05) is 36.0 Å². The predicted molar refractivity (Wildman–Crippen MR) is 96.5 cm³/mol. The van der Waals surface area contributed by atoms with Crippen molar-refractivity contribution in [2.24, 2.45) is 0 Å². The molecular weight excluding hydrogens is 301 g/mol. The van der Waals surface area contributed by atoms with Gasteiger partial charge in [0.1, 0.15) is 6.04 Å². The second kappa shape index (κ2) is 18.4. The largest absolute Gasteiger partial charge is 0.392 e. The van der Waals surface area contributed by atoms with Crippen LogP contribution in [0.2, 0.25) is 0 Å². The average Bonchev–Trinajstić information content (AvgIpc) is 2.51. The molecule has 0 rings (SSSR count). The van der Waals surface area contributed by atoms with Crippen molar-refractivity contribution >= 4 is 41.5 Å². The summed E-state index contributed by atoms with van der Waals surface area (Å²) in [6, 6.07) is -0.429. The predicted octanol–water partition coefficient (Wildman–Crippen LogP) is 3.98. The number of esters is 2. The Morgan fingerprint density at radius 2 is 1.30 bits per heavy atom. The first kappa shape index (κ1) is 25.3. The molecule has 0 bridgehead atoms. The molecule has 0 aromatic heterocycles. The van der Waals surface area contributed by atoms with E-state index in [4.69, 9.17) is 4.74 Å². The molecule has 0 aliphatic carbocycles. The quantitative estimate of drug-likeness (QED) is 0.226. The van der Waals surface area contributed by atoms with E-state index in [1.807, 2.05) is 0 Å². The van der Waals surface area contributed by atoms with Crippen LogP contribution in [0.4, 0.5) is 0 Å². The van der Waals surface area contributed by atoms with Crippen LogP contribution < -0.4 is 5.32 Å². The van der Waals surface area contributed by atoms with Crippen molar-refractivity contribution < 1.29 is 14.3 Å². The van der Waals surface area contributed by atoms with Crippen LogP contribution in [-0.4, -0.2) is 54.6 Å². The van der Waals surface area contributed by atoms with E-state index < -0.39 is 18.0 Å². The number of unbranched alkanes of at least 4 members (excludes halogenated alkanes) is 10. The van der Waals surface area contributed by atoms with Gasteiger partial charge in [0.05, 0.1) is 0 Å². The Hall–Kier alpha value is 0.1000. The third-order valence-electron chi connectivity index (χ3n) is 3.99. The number of hydrogen-bond donors (Lipinski definition) is 1. The van der Waals surface area contributed by atoms with Crippen LogP contribution in [0.1, 0.15) is 90.9 Å². The molecule has 1 atom stereocenters. The van der Waals surface area contributed by atoms with Crippen LogP contribution in [0.15, 0.2) is 0 Å². The number of carbonyl (C=O) groups is 2. The van der Waals surface area contributed by atoms with Gasteiger partial charge in [0.2, 0.25) is 0 Å². The maximum atomic E-state index is 11.5.